The Kier molecular flexibility index (Phi) is 12.7. The number of carbonyl (C=O) groups excluding carboxylic acids is 4. The van der Waals surface area contributed by atoms with Crippen LogP contribution in [-0.4, -0.2) is 59.6 Å². The van der Waals surface area contributed by atoms with Gasteiger partial charge in [-0.2, -0.15) is 0 Å². The third-order valence-electron chi connectivity index (χ3n) is 7.59. The van der Waals surface area contributed by atoms with E-state index in [2.05, 4.69) is 10.3 Å². The number of guanidine groups is 1. The van der Waals surface area contributed by atoms with E-state index in [1.807, 2.05) is 0 Å². The molecule has 0 aliphatic carbocycles. The van der Waals surface area contributed by atoms with Gasteiger partial charge in [0.25, 0.3) is 0 Å². The van der Waals surface area contributed by atoms with Crippen LogP contribution in [0.25, 0.3) is 0 Å². The summed E-state index contributed by atoms with van der Waals surface area (Å²) < 4.78 is 42.5. The number of aromatic hydroxyl groups is 1. The standard InChI is InChI=1S/C34H51N7O5/c1-21-15-26(42)16-22(2)27(21)18-25(20-30(43)28(36)11-8-14-40-34(38)39)33(46)41-29(12-6-7-13-35)31(44)19-24(32(37)45)17-23-9-4-3-5-10-23/h3-5,9-10,15-16,24-25,28-29,42H,6-8,11-14,17-20,35-36H2,1-2H3,(H2,37,45)(H,41,46)(H4,38,39,40)/t24-,25-,28-,29+/m1/s1/i6D2,7D2,29D. The number of rotatable bonds is 21. The lowest BCUT2D eigenvalue weighted by Crippen LogP contribution is -2.46. The van der Waals surface area contributed by atoms with Gasteiger partial charge in [0.15, 0.2) is 11.7 Å². The number of hydrogen-bond donors (Lipinski definition) is 7. The van der Waals surface area contributed by atoms with Crippen molar-refractivity contribution in [1.29, 1.82) is 0 Å². The molecule has 2 aromatic rings. The Morgan fingerprint density at radius 1 is 0.935 bits per heavy atom. The molecule has 0 heterocycles. The summed E-state index contributed by atoms with van der Waals surface area (Å²) in [6.45, 7) is 2.82. The van der Waals surface area contributed by atoms with Gasteiger partial charge in [0.1, 0.15) is 11.5 Å². The minimum atomic E-state index is -2.92. The van der Waals surface area contributed by atoms with Crippen LogP contribution in [0.1, 0.15) is 74.0 Å². The van der Waals surface area contributed by atoms with Crippen LogP contribution in [0.2, 0.25) is 0 Å². The second-order valence-corrected chi connectivity index (χ2v) is 11.3. The Balaban J connectivity index is 2.54. The first kappa shape index (κ1) is 30.4. The van der Waals surface area contributed by atoms with Crippen LogP contribution in [0.5, 0.6) is 5.75 Å². The number of nitrogens with one attached hydrogen (secondary N) is 1. The smallest absolute Gasteiger partial charge is 0.224 e. The molecule has 0 aromatic heterocycles. The van der Waals surface area contributed by atoms with Crippen molar-refractivity contribution in [1.82, 2.24) is 5.32 Å². The maximum Gasteiger partial charge on any atom is 0.224 e. The highest BCUT2D eigenvalue weighted by molar-refractivity contribution is 5.94. The van der Waals surface area contributed by atoms with Crippen molar-refractivity contribution in [2.45, 2.75) is 83.6 Å². The van der Waals surface area contributed by atoms with Crippen LogP contribution < -0.4 is 34.0 Å². The lowest BCUT2D eigenvalue weighted by Gasteiger charge is -2.25. The van der Waals surface area contributed by atoms with Crippen LogP contribution >= 0.6 is 0 Å². The van der Waals surface area contributed by atoms with Gasteiger partial charge in [-0.05, 0) is 99.6 Å². The van der Waals surface area contributed by atoms with Crippen LogP contribution in [-0.2, 0) is 32.0 Å². The molecule has 2 amide bonds. The fourth-order valence-corrected chi connectivity index (χ4v) is 5.08. The Labute approximate surface area is 278 Å². The molecule has 252 valence electrons. The molecule has 46 heavy (non-hydrogen) atoms. The lowest BCUT2D eigenvalue weighted by atomic mass is 9.86. The van der Waals surface area contributed by atoms with E-state index in [1.165, 1.54) is 12.1 Å². The largest absolute Gasteiger partial charge is 0.508 e. The normalized spacial score (nSPS) is 16.6. The van der Waals surface area contributed by atoms with E-state index in [4.69, 9.17) is 34.2 Å². The first-order valence-corrected chi connectivity index (χ1v) is 15.1. The number of Topliss-reactive ketones (excluding diaryl/α,β-unsaturated/α-hetero) is 2. The number of carbonyl (C=O) groups is 4. The fourth-order valence-electron chi connectivity index (χ4n) is 5.08. The summed E-state index contributed by atoms with van der Waals surface area (Å²) in [6, 6.07) is 7.75. The molecular formula is C34H51N7O5. The summed E-state index contributed by atoms with van der Waals surface area (Å²) in [5, 5.41) is 12.4. The van der Waals surface area contributed by atoms with Crippen LogP contribution in [0.15, 0.2) is 47.5 Å². The van der Waals surface area contributed by atoms with Crippen molar-refractivity contribution in [3.8, 4) is 5.75 Å². The molecular weight excluding hydrogens is 586 g/mol. The van der Waals surface area contributed by atoms with E-state index in [1.54, 1.807) is 44.2 Å². The number of benzene rings is 2. The zero-order valence-corrected chi connectivity index (χ0v) is 26.6. The number of hydrogen-bond acceptors (Lipinski definition) is 8. The average Bonchev–Trinajstić information content (AvgIpc) is 3.03. The van der Waals surface area contributed by atoms with E-state index in [9.17, 15) is 25.7 Å². The fraction of sp³-hybridized carbons (Fsp3) is 0.500. The summed E-state index contributed by atoms with van der Waals surface area (Å²) in [7, 11) is 0. The number of phenolic OH excluding ortho intramolecular Hbond substituents is 1. The van der Waals surface area contributed by atoms with E-state index >= 15 is 0 Å². The Morgan fingerprint density at radius 2 is 1.57 bits per heavy atom. The third kappa shape index (κ3) is 13.0. The minimum Gasteiger partial charge on any atom is -0.508 e. The summed E-state index contributed by atoms with van der Waals surface area (Å²) in [5.41, 5.74) is 30.5. The van der Waals surface area contributed by atoms with Crippen molar-refractivity contribution in [3.05, 3.63) is 64.7 Å². The van der Waals surface area contributed by atoms with Crippen molar-refractivity contribution >= 4 is 29.3 Å². The van der Waals surface area contributed by atoms with Crippen molar-refractivity contribution in [2.24, 2.45) is 45.5 Å². The number of primary amides is 1. The predicted octanol–water partition coefficient (Wildman–Crippen LogP) is 1.43. The van der Waals surface area contributed by atoms with Gasteiger partial charge in [0.05, 0.1) is 13.4 Å². The summed E-state index contributed by atoms with van der Waals surface area (Å²) in [6.07, 6.45) is -7.44. The molecule has 4 atom stereocenters. The SMILES string of the molecule is [2H]C([2H])(CN)C([2H])([2H])C[C@]([2H])(NC(=O)[C@@H](CC(=O)[C@H](N)CCCN=C(N)N)Cc1c(C)cc(O)cc1C)C(=O)C[C@@H](Cc1ccccc1)C(N)=O. The topological polar surface area (TPSA) is 243 Å². The van der Waals surface area contributed by atoms with Gasteiger partial charge in [-0.25, -0.2) is 0 Å². The zero-order chi connectivity index (χ0) is 38.7. The van der Waals surface area contributed by atoms with Crippen molar-refractivity contribution in [3.63, 3.8) is 0 Å². The molecule has 0 unspecified atom stereocenters. The highest BCUT2D eigenvalue weighted by Crippen LogP contribution is 2.26. The van der Waals surface area contributed by atoms with Gasteiger partial charge in [-0.15, -0.1) is 0 Å². The molecule has 12 heteroatoms. The highest BCUT2D eigenvalue weighted by Gasteiger charge is 2.31. The van der Waals surface area contributed by atoms with Gasteiger partial charge in [0.2, 0.25) is 11.8 Å². The molecule has 0 radical (unpaired) electrons. The Morgan fingerprint density at radius 3 is 2.15 bits per heavy atom. The number of aliphatic imine (C=N–C) groups is 1. The van der Waals surface area contributed by atoms with Crippen LogP contribution in [0.3, 0.4) is 0 Å². The highest BCUT2D eigenvalue weighted by atomic mass is 16.3. The number of phenols is 1. The van der Waals surface area contributed by atoms with E-state index < -0.39 is 85.8 Å². The zero-order valence-electron chi connectivity index (χ0n) is 31.6. The van der Waals surface area contributed by atoms with Crippen molar-refractivity contribution in [2.75, 3.05) is 13.1 Å². The van der Waals surface area contributed by atoms with Gasteiger partial charge in [-0.1, -0.05) is 30.3 Å². The van der Waals surface area contributed by atoms with E-state index in [0.29, 0.717) is 28.7 Å². The number of aryl methyl sites for hydroxylation is 2. The molecule has 0 aliphatic heterocycles. The molecule has 2 rings (SSSR count). The van der Waals surface area contributed by atoms with Crippen LogP contribution in [0, 0.1) is 25.7 Å². The van der Waals surface area contributed by atoms with Crippen molar-refractivity contribution < 1.29 is 31.1 Å². The first-order valence-electron chi connectivity index (χ1n) is 17.6. The summed E-state index contributed by atoms with van der Waals surface area (Å²) in [5.74, 6) is -5.96. The van der Waals surface area contributed by atoms with E-state index in [0.717, 1.165) is 0 Å². The molecule has 0 fully saturated rings. The molecule has 0 aliphatic rings. The number of nitrogens with zero attached hydrogens (tertiary/aromatic N) is 1. The minimum absolute atomic E-state index is 0.0136. The average molecular weight is 643 g/mol. The monoisotopic (exact) mass is 642 g/mol. The quantitative estimate of drug-likeness (QED) is 0.0590. The molecule has 12 N–H and O–H groups in total. The maximum atomic E-state index is 14.2. The summed E-state index contributed by atoms with van der Waals surface area (Å²) >= 11 is 0. The Bertz CT molecular complexity index is 1550. The lowest BCUT2D eigenvalue weighted by molar-refractivity contribution is -0.133. The van der Waals surface area contributed by atoms with Gasteiger partial charge in [0, 0.05) is 36.7 Å². The molecule has 0 spiro atoms. The number of amides is 2. The van der Waals surface area contributed by atoms with E-state index in [-0.39, 0.29) is 37.5 Å². The van der Waals surface area contributed by atoms with Gasteiger partial charge in [-0.3, -0.25) is 24.2 Å². The number of nitrogens with two attached hydrogens (primary N) is 5. The number of ketones is 2. The molecule has 2 aromatic carbocycles. The van der Waals surface area contributed by atoms with Gasteiger partial charge < -0.3 is 39.1 Å². The summed E-state index contributed by atoms with van der Waals surface area (Å²) in [4.78, 5) is 57.9. The third-order valence-corrected chi connectivity index (χ3v) is 7.59. The second-order valence-electron chi connectivity index (χ2n) is 11.3. The molecule has 0 saturated carbocycles. The maximum absolute atomic E-state index is 14.2. The molecule has 12 nitrogen and oxygen atoms in total. The first-order chi connectivity index (χ1) is 23.6. The van der Waals surface area contributed by atoms with Crippen LogP contribution in [0.4, 0.5) is 0 Å². The molecule has 0 saturated heterocycles. The molecule has 0 bridgehead atoms. The predicted molar refractivity (Wildman–Crippen MR) is 180 cm³/mol. The second kappa shape index (κ2) is 19.3. The Hall–Kier alpha value is -4.29. The van der Waals surface area contributed by atoms with Gasteiger partial charge >= 0.3 is 0 Å².